The standard InChI is InChI=1S/C16H17N3O2/c1-12-6-7-13(5-3-4-10-20)14(11-12)16(21)17-15-8-9-19(2)18-15/h6-9,11,20H,4,10H2,1-2H3,(H,17,18,21). The molecule has 0 fully saturated rings. The van der Waals surface area contributed by atoms with Crippen LogP contribution in [0, 0.1) is 18.8 Å². The molecule has 2 aromatic rings. The molecule has 21 heavy (non-hydrogen) atoms. The second-order valence-corrected chi connectivity index (χ2v) is 4.65. The molecule has 1 amide bonds. The molecule has 0 aliphatic rings. The van der Waals surface area contributed by atoms with Crippen molar-refractivity contribution in [1.29, 1.82) is 0 Å². The molecule has 5 nitrogen and oxygen atoms in total. The van der Waals surface area contributed by atoms with Crippen molar-refractivity contribution in [3.05, 3.63) is 47.2 Å². The van der Waals surface area contributed by atoms with Gasteiger partial charge in [-0.2, -0.15) is 5.10 Å². The van der Waals surface area contributed by atoms with E-state index in [1.54, 1.807) is 30.1 Å². The maximum Gasteiger partial charge on any atom is 0.258 e. The molecule has 0 atom stereocenters. The van der Waals surface area contributed by atoms with E-state index in [0.717, 1.165) is 5.56 Å². The Bertz CT molecular complexity index is 708. The third-order valence-corrected chi connectivity index (χ3v) is 2.83. The molecule has 0 aliphatic heterocycles. The van der Waals surface area contributed by atoms with Crippen molar-refractivity contribution in [3.8, 4) is 11.8 Å². The maximum absolute atomic E-state index is 12.4. The van der Waals surface area contributed by atoms with Crippen LogP contribution in [-0.2, 0) is 7.05 Å². The Morgan fingerprint density at radius 1 is 1.43 bits per heavy atom. The van der Waals surface area contributed by atoms with Crippen molar-refractivity contribution < 1.29 is 9.90 Å². The van der Waals surface area contributed by atoms with E-state index in [9.17, 15) is 4.79 Å². The Kier molecular flexibility index (Phi) is 4.75. The van der Waals surface area contributed by atoms with E-state index in [2.05, 4.69) is 22.3 Å². The first kappa shape index (κ1) is 14.8. The van der Waals surface area contributed by atoms with Crippen molar-refractivity contribution in [2.75, 3.05) is 11.9 Å². The first-order chi connectivity index (χ1) is 10.1. The zero-order chi connectivity index (χ0) is 15.2. The van der Waals surface area contributed by atoms with Crippen LogP contribution in [0.1, 0.15) is 27.9 Å². The minimum Gasteiger partial charge on any atom is -0.395 e. The number of anilines is 1. The average Bonchev–Trinajstić information content (AvgIpc) is 2.86. The lowest BCUT2D eigenvalue weighted by Crippen LogP contribution is -2.14. The molecule has 1 aromatic heterocycles. The van der Waals surface area contributed by atoms with Gasteiger partial charge in [0.25, 0.3) is 5.91 Å². The number of aromatic nitrogens is 2. The zero-order valence-corrected chi connectivity index (χ0v) is 12.1. The van der Waals surface area contributed by atoms with E-state index in [1.807, 2.05) is 19.1 Å². The number of carbonyl (C=O) groups is 1. The number of aliphatic hydroxyl groups excluding tert-OH is 1. The van der Waals surface area contributed by atoms with Crippen LogP contribution in [0.4, 0.5) is 5.82 Å². The molecule has 0 saturated carbocycles. The molecule has 0 radical (unpaired) electrons. The van der Waals surface area contributed by atoms with E-state index in [-0.39, 0.29) is 12.5 Å². The Balaban J connectivity index is 2.26. The summed E-state index contributed by atoms with van der Waals surface area (Å²) in [6.45, 7) is 1.93. The third-order valence-electron chi connectivity index (χ3n) is 2.83. The van der Waals surface area contributed by atoms with Crippen molar-refractivity contribution in [2.24, 2.45) is 7.05 Å². The van der Waals surface area contributed by atoms with Gasteiger partial charge in [-0.15, -0.1) is 0 Å². The van der Waals surface area contributed by atoms with Crippen molar-refractivity contribution in [2.45, 2.75) is 13.3 Å². The summed E-state index contributed by atoms with van der Waals surface area (Å²) in [7, 11) is 1.79. The molecule has 0 bridgehead atoms. The van der Waals surface area contributed by atoms with Gasteiger partial charge < -0.3 is 10.4 Å². The molecule has 108 valence electrons. The number of nitrogens with zero attached hydrogens (tertiary/aromatic N) is 2. The number of carbonyl (C=O) groups excluding carboxylic acids is 1. The van der Waals surface area contributed by atoms with E-state index in [4.69, 9.17) is 5.11 Å². The van der Waals surface area contributed by atoms with Crippen molar-refractivity contribution in [3.63, 3.8) is 0 Å². The Morgan fingerprint density at radius 3 is 2.90 bits per heavy atom. The number of aliphatic hydroxyl groups is 1. The molecule has 0 aliphatic carbocycles. The molecular weight excluding hydrogens is 266 g/mol. The highest BCUT2D eigenvalue weighted by atomic mass is 16.2. The number of rotatable bonds is 3. The van der Waals surface area contributed by atoms with Crippen LogP contribution < -0.4 is 5.32 Å². The van der Waals surface area contributed by atoms with Crippen LogP contribution in [0.5, 0.6) is 0 Å². The van der Waals surface area contributed by atoms with Crippen LogP contribution in [0.25, 0.3) is 0 Å². The van der Waals surface area contributed by atoms with E-state index >= 15 is 0 Å². The third kappa shape index (κ3) is 3.94. The zero-order valence-electron chi connectivity index (χ0n) is 12.1. The summed E-state index contributed by atoms with van der Waals surface area (Å²) in [5.41, 5.74) is 2.13. The predicted molar refractivity (Wildman–Crippen MR) is 80.9 cm³/mol. The lowest BCUT2D eigenvalue weighted by atomic mass is 10.0. The van der Waals surface area contributed by atoms with Gasteiger partial charge in [-0.05, 0) is 19.1 Å². The monoisotopic (exact) mass is 283 g/mol. The molecular formula is C16H17N3O2. The van der Waals surface area contributed by atoms with Crippen LogP contribution in [0.15, 0.2) is 30.5 Å². The lowest BCUT2D eigenvalue weighted by molar-refractivity contribution is 0.102. The number of benzene rings is 1. The number of nitrogens with one attached hydrogen (secondary N) is 1. The second kappa shape index (κ2) is 6.73. The van der Waals surface area contributed by atoms with Crippen LogP contribution in [0.3, 0.4) is 0 Å². The first-order valence-electron chi connectivity index (χ1n) is 6.61. The molecule has 5 heteroatoms. The van der Waals surface area contributed by atoms with Gasteiger partial charge in [-0.3, -0.25) is 9.48 Å². The smallest absolute Gasteiger partial charge is 0.258 e. The maximum atomic E-state index is 12.4. The molecule has 2 rings (SSSR count). The highest BCUT2D eigenvalue weighted by Gasteiger charge is 2.12. The van der Waals surface area contributed by atoms with Gasteiger partial charge in [0.15, 0.2) is 5.82 Å². The highest BCUT2D eigenvalue weighted by Crippen LogP contribution is 2.13. The molecule has 1 heterocycles. The molecule has 1 aromatic carbocycles. The van der Waals surface area contributed by atoms with E-state index < -0.39 is 0 Å². The van der Waals surface area contributed by atoms with Gasteiger partial charge >= 0.3 is 0 Å². The Morgan fingerprint density at radius 2 is 2.24 bits per heavy atom. The first-order valence-corrected chi connectivity index (χ1v) is 6.61. The fraction of sp³-hybridized carbons (Fsp3) is 0.250. The second-order valence-electron chi connectivity index (χ2n) is 4.65. The summed E-state index contributed by atoms with van der Waals surface area (Å²) in [5.74, 6) is 6.00. The SMILES string of the molecule is Cc1ccc(C#CCCO)c(C(=O)Nc2ccn(C)n2)c1. The molecule has 2 N–H and O–H groups in total. The molecule has 0 saturated heterocycles. The van der Waals surface area contributed by atoms with Gasteiger partial charge in [-0.1, -0.05) is 23.5 Å². The predicted octanol–water partition coefficient (Wildman–Crippen LogP) is 1.71. The Hall–Kier alpha value is -2.58. The Labute approximate surface area is 123 Å². The summed E-state index contributed by atoms with van der Waals surface area (Å²) < 4.78 is 1.62. The van der Waals surface area contributed by atoms with Gasteiger partial charge in [0, 0.05) is 31.3 Å². The van der Waals surface area contributed by atoms with Gasteiger partial charge in [0.1, 0.15) is 0 Å². The summed E-state index contributed by atoms with van der Waals surface area (Å²) >= 11 is 0. The van der Waals surface area contributed by atoms with E-state index in [1.165, 1.54) is 0 Å². The van der Waals surface area contributed by atoms with Crippen molar-refractivity contribution >= 4 is 11.7 Å². The quantitative estimate of drug-likeness (QED) is 0.843. The van der Waals surface area contributed by atoms with Crippen molar-refractivity contribution in [1.82, 2.24) is 9.78 Å². The molecule has 0 unspecified atom stereocenters. The normalized spacial score (nSPS) is 9.86. The topological polar surface area (TPSA) is 67.2 Å². The van der Waals surface area contributed by atoms with Crippen LogP contribution in [-0.4, -0.2) is 27.4 Å². The minimum atomic E-state index is -0.245. The van der Waals surface area contributed by atoms with Gasteiger partial charge in [-0.25, -0.2) is 0 Å². The summed E-state index contributed by atoms with van der Waals surface area (Å²) in [4.78, 5) is 12.4. The average molecular weight is 283 g/mol. The summed E-state index contributed by atoms with van der Waals surface area (Å²) in [6, 6.07) is 7.24. The van der Waals surface area contributed by atoms with Gasteiger partial charge in [0.05, 0.1) is 12.2 Å². The fourth-order valence-electron chi connectivity index (χ4n) is 1.83. The molecule has 0 spiro atoms. The largest absolute Gasteiger partial charge is 0.395 e. The van der Waals surface area contributed by atoms with Crippen LogP contribution >= 0.6 is 0 Å². The highest BCUT2D eigenvalue weighted by molar-refractivity contribution is 6.05. The lowest BCUT2D eigenvalue weighted by Gasteiger charge is -2.06. The summed E-state index contributed by atoms with van der Waals surface area (Å²) in [5, 5.41) is 15.6. The summed E-state index contributed by atoms with van der Waals surface area (Å²) in [6.07, 6.45) is 2.14. The van der Waals surface area contributed by atoms with Gasteiger partial charge in [0.2, 0.25) is 0 Å². The number of aryl methyl sites for hydroxylation is 2. The van der Waals surface area contributed by atoms with E-state index in [0.29, 0.717) is 23.4 Å². The minimum absolute atomic E-state index is 0.00826. The van der Waals surface area contributed by atoms with Crippen LogP contribution in [0.2, 0.25) is 0 Å². The number of hydrogen-bond acceptors (Lipinski definition) is 3. The number of hydrogen-bond donors (Lipinski definition) is 2. The number of amides is 1. The fourth-order valence-corrected chi connectivity index (χ4v) is 1.83.